The van der Waals surface area contributed by atoms with Gasteiger partial charge in [-0.1, -0.05) is 241 Å². The largest absolute Gasteiger partial charge is 0.462 e. The van der Waals surface area contributed by atoms with Gasteiger partial charge in [0.05, 0.1) is 0 Å². The summed E-state index contributed by atoms with van der Waals surface area (Å²) in [6.45, 7) is 6.59. The van der Waals surface area contributed by atoms with E-state index in [0.717, 1.165) is 96.3 Å². The summed E-state index contributed by atoms with van der Waals surface area (Å²) in [7, 11) is 0. The van der Waals surface area contributed by atoms with Gasteiger partial charge >= 0.3 is 17.9 Å². The fourth-order valence-electron chi connectivity index (χ4n) is 8.23. The second-order valence-corrected chi connectivity index (χ2v) is 19.6. The number of ether oxygens (including phenoxy) is 3. The second kappa shape index (κ2) is 57.4. The van der Waals surface area contributed by atoms with E-state index < -0.39 is 6.10 Å². The molecule has 0 aliphatic heterocycles. The molecule has 0 aliphatic rings. The van der Waals surface area contributed by atoms with Gasteiger partial charge in [0.1, 0.15) is 13.2 Å². The molecule has 0 fully saturated rings. The summed E-state index contributed by atoms with van der Waals surface area (Å²) in [6.07, 6.45) is 73.1. The van der Waals surface area contributed by atoms with Crippen LogP contribution in [-0.4, -0.2) is 37.2 Å². The van der Waals surface area contributed by atoms with Gasteiger partial charge in [-0.25, -0.2) is 0 Å². The third-order valence-corrected chi connectivity index (χ3v) is 12.7. The lowest BCUT2D eigenvalue weighted by Crippen LogP contribution is -2.30. The molecule has 0 aromatic carbocycles. The van der Waals surface area contributed by atoms with E-state index in [1.807, 2.05) is 0 Å². The van der Waals surface area contributed by atoms with Crippen molar-refractivity contribution in [3.8, 4) is 0 Å². The predicted octanol–water partition coefficient (Wildman–Crippen LogP) is 19.8. The van der Waals surface area contributed by atoms with E-state index in [2.05, 4.69) is 93.7 Å². The van der Waals surface area contributed by atoms with Gasteiger partial charge in [0.15, 0.2) is 6.10 Å². The number of hydrogen-bond acceptors (Lipinski definition) is 6. The first-order valence-electron chi connectivity index (χ1n) is 29.5. The monoisotopic (exact) mass is 963 g/mol. The number of esters is 3. The molecule has 1 atom stereocenters. The fraction of sp³-hybridized carbons (Fsp3) is 0.762. The Kier molecular flexibility index (Phi) is 54.8. The van der Waals surface area contributed by atoms with Crippen LogP contribution in [0.1, 0.15) is 290 Å². The van der Waals surface area contributed by atoms with E-state index in [4.69, 9.17) is 14.2 Å². The third kappa shape index (κ3) is 55.6. The highest BCUT2D eigenvalue weighted by molar-refractivity contribution is 5.71. The molecule has 0 aromatic rings. The number of allylic oxidation sites excluding steroid dienone is 12. The van der Waals surface area contributed by atoms with Crippen molar-refractivity contribution in [1.29, 1.82) is 0 Å². The molecular weight excluding hydrogens is 853 g/mol. The highest BCUT2D eigenvalue weighted by atomic mass is 16.6. The van der Waals surface area contributed by atoms with Crippen LogP contribution in [0.2, 0.25) is 0 Å². The maximum Gasteiger partial charge on any atom is 0.306 e. The summed E-state index contributed by atoms with van der Waals surface area (Å²) < 4.78 is 16.9. The number of rotatable bonds is 53. The highest BCUT2D eigenvalue weighted by Crippen LogP contribution is 2.15. The second-order valence-electron chi connectivity index (χ2n) is 19.6. The minimum Gasteiger partial charge on any atom is -0.462 e. The SMILES string of the molecule is CCCCC/C=C\C/C=C\CCCCCCCCCC(=O)OC(COC(=O)CCCCCCC\C=C/C=C\C=C/CCCCCCC)COC(=O)CCCCCCC/C=C\CCCCCCCCC. The summed E-state index contributed by atoms with van der Waals surface area (Å²) in [4.78, 5) is 38.2. The molecule has 0 amide bonds. The average Bonchev–Trinajstić information content (AvgIpc) is 3.35. The number of carbonyl (C=O) groups excluding carboxylic acids is 3. The smallest absolute Gasteiger partial charge is 0.306 e. The van der Waals surface area contributed by atoms with Crippen LogP contribution >= 0.6 is 0 Å². The first-order valence-corrected chi connectivity index (χ1v) is 29.5. The Morgan fingerprint density at radius 3 is 0.957 bits per heavy atom. The summed E-state index contributed by atoms with van der Waals surface area (Å²) in [6, 6.07) is 0. The topological polar surface area (TPSA) is 78.9 Å². The maximum atomic E-state index is 12.9. The zero-order valence-electron chi connectivity index (χ0n) is 45.6. The zero-order chi connectivity index (χ0) is 50.0. The van der Waals surface area contributed by atoms with Crippen molar-refractivity contribution < 1.29 is 28.6 Å². The lowest BCUT2D eigenvalue weighted by Gasteiger charge is -2.18. The van der Waals surface area contributed by atoms with E-state index in [0.29, 0.717) is 19.3 Å². The van der Waals surface area contributed by atoms with Crippen molar-refractivity contribution in [3.63, 3.8) is 0 Å². The molecule has 0 N–H and O–H groups in total. The Morgan fingerprint density at radius 2 is 0.580 bits per heavy atom. The lowest BCUT2D eigenvalue weighted by molar-refractivity contribution is -0.167. The fourth-order valence-corrected chi connectivity index (χ4v) is 8.23. The van der Waals surface area contributed by atoms with Gasteiger partial charge < -0.3 is 14.2 Å². The Labute approximate surface area is 427 Å². The summed E-state index contributed by atoms with van der Waals surface area (Å²) in [5, 5.41) is 0. The van der Waals surface area contributed by atoms with Gasteiger partial charge in [-0.15, -0.1) is 0 Å². The Hall–Kier alpha value is -3.15. The molecule has 398 valence electrons. The van der Waals surface area contributed by atoms with Crippen molar-refractivity contribution in [1.82, 2.24) is 0 Å². The molecule has 0 aromatic heterocycles. The standard InChI is InChI=1S/C63H110O6/c1-4-7-10-13-16-19-22-25-28-31-33-35-38-41-44-47-50-53-56-62(65)68-59-60(58-67-61(64)55-52-49-46-43-40-37-34-30-27-24-21-18-15-12-9-6-3)69-63(66)57-54-51-48-45-42-39-36-32-29-26-23-20-17-14-11-8-5-2/h17,20,22,25-26,28-31,33-35,60H,4-16,18-19,21,23-24,27,32,36-59H2,1-3H3/b20-17-,25-22-,29-26-,31-28-,34-30-,35-33-. The molecular formula is C63H110O6. The van der Waals surface area contributed by atoms with Gasteiger partial charge in [0, 0.05) is 19.3 Å². The number of carbonyl (C=O) groups is 3. The van der Waals surface area contributed by atoms with Gasteiger partial charge in [-0.2, -0.15) is 0 Å². The van der Waals surface area contributed by atoms with Crippen LogP contribution in [0.25, 0.3) is 0 Å². The zero-order valence-corrected chi connectivity index (χ0v) is 45.6. The predicted molar refractivity (Wildman–Crippen MR) is 298 cm³/mol. The van der Waals surface area contributed by atoms with Gasteiger partial charge in [-0.3, -0.25) is 14.4 Å². The normalized spacial score (nSPS) is 12.6. The minimum atomic E-state index is -0.792. The highest BCUT2D eigenvalue weighted by Gasteiger charge is 2.19. The van der Waals surface area contributed by atoms with Gasteiger partial charge in [0.2, 0.25) is 0 Å². The molecule has 0 saturated heterocycles. The molecule has 0 saturated carbocycles. The van der Waals surface area contributed by atoms with Crippen LogP contribution in [0, 0.1) is 0 Å². The van der Waals surface area contributed by atoms with Crippen molar-refractivity contribution in [3.05, 3.63) is 72.9 Å². The first-order chi connectivity index (χ1) is 34.0. The molecule has 0 spiro atoms. The van der Waals surface area contributed by atoms with Crippen molar-refractivity contribution >= 4 is 17.9 Å². The van der Waals surface area contributed by atoms with E-state index >= 15 is 0 Å². The van der Waals surface area contributed by atoms with E-state index in [1.165, 1.54) is 154 Å². The summed E-state index contributed by atoms with van der Waals surface area (Å²) >= 11 is 0. The van der Waals surface area contributed by atoms with Crippen LogP contribution in [0.4, 0.5) is 0 Å². The van der Waals surface area contributed by atoms with Crippen LogP contribution in [0.3, 0.4) is 0 Å². The maximum absolute atomic E-state index is 12.9. The van der Waals surface area contributed by atoms with Gasteiger partial charge in [0.25, 0.3) is 0 Å². The van der Waals surface area contributed by atoms with E-state index in [-0.39, 0.29) is 31.1 Å². The van der Waals surface area contributed by atoms with E-state index in [1.54, 1.807) is 0 Å². The quantitative estimate of drug-likeness (QED) is 0.0199. The average molecular weight is 964 g/mol. The number of unbranched alkanes of at least 4 members (excludes halogenated alkanes) is 32. The van der Waals surface area contributed by atoms with Crippen molar-refractivity contribution in [2.75, 3.05) is 13.2 Å². The molecule has 6 heteroatoms. The summed E-state index contributed by atoms with van der Waals surface area (Å²) in [5.41, 5.74) is 0. The van der Waals surface area contributed by atoms with Crippen LogP contribution in [0.5, 0.6) is 0 Å². The molecule has 0 rings (SSSR count). The van der Waals surface area contributed by atoms with Crippen LogP contribution in [-0.2, 0) is 28.6 Å². The number of hydrogen-bond donors (Lipinski definition) is 0. The molecule has 0 heterocycles. The molecule has 0 radical (unpaired) electrons. The molecule has 1 unspecified atom stereocenters. The third-order valence-electron chi connectivity index (χ3n) is 12.7. The van der Waals surface area contributed by atoms with Gasteiger partial charge in [-0.05, 0) is 103 Å². The lowest BCUT2D eigenvalue weighted by atomic mass is 10.1. The van der Waals surface area contributed by atoms with E-state index in [9.17, 15) is 14.4 Å². The first kappa shape index (κ1) is 65.8. The Morgan fingerprint density at radius 1 is 0.304 bits per heavy atom. The molecule has 0 bridgehead atoms. The summed E-state index contributed by atoms with van der Waals surface area (Å²) in [5.74, 6) is -0.916. The van der Waals surface area contributed by atoms with Crippen LogP contribution in [0.15, 0.2) is 72.9 Å². The van der Waals surface area contributed by atoms with Crippen molar-refractivity contribution in [2.45, 2.75) is 297 Å². The molecule has 69 heavy (non-hydrogen) atoms. The van der Waals surface area contributed by atoms with Crippen molar-refractivity contribution in [2.24, 2.45) is 0 Å². The molecule has 0 aliphatic carbocycles. The Balaban J connectivity index is 4.44. The minimum absolute atomic E-state index is 0.0892. The van der Waals surface area contributed by atoms with Crippen LogP contribution < -0.4 is 0 Å². The Bertz CT molecular complexity index is 1290. The molecule has 6 nitrogen and oxygen atoms in total.